The van der Waals surface area contributed by atoms with Gasteiger partial charge in [-0.05, 0) is 63.1 Å². The van der Waals surface area contributed by atoms with Gasteiger partial charge in [0.25, 0.3) is 5.91 Å². The topological polar surface area (TPSA) is 90.7 Å². The lowest BCUT2D eigenvalue weighted by Gasteiger charge is -2.33. The van der Waals surface area contributed by atoms with Gasteiger partial charge in [-0.2, -0.15) is 0 Å². The molecule has 3 heterocycles. The molecule has 2 aliphatic rings. The third kappa shape index (κ3) is 3.83. The average molecular weight is 434 g/mol. The van der Waals surface area contributed by atoms with Crippen LogP contribution >= 0.6 is 0 Å². The number of aromatic nitrogens is 1. The Labute approximate surface area is 185 Å². The number of carbonyl (C=O) groups is 1. The zero-order valence-corrected chi connectivity index (χ0v) is 18.3. The summed E-state index contributed by atoms with van der Waals surface area (Å²) in [4.78, 5) is 29.1. The van der Waals surface area contributed by atoms with Crippen molar-refractivity contribution >= 4 is 16.9 Å². The number of rotatable bonds is 5. The monoisotopic (exact) mass is 434 g/mol. The lowest BCUT2D eigenvalue weighted by Crippen LogP contribution is -2.33. The molecule has 0 saturated heterocycles. The highest BCUT2D eigenvalue weighted by Gasteiger charge is 2.32. The zero-order chi connectivity index (χ0) is 22.3. The van der Waals surface area contributed by atoms with Gasteiger partial charge in [0.1, 0.15) is 22.7 Å². The summed E-state index contributed by atoms with van der Waals surface area (Å²) >= 11 is 0. The van der Waals surface area contributed by atoms with Gasteiger partial charge < -0.3 is 19.2 Å². The molecule has 0 radical (unpaired) electrons. The molecule has 0 spiro atoms. The Balaban J connectivity index is 1.47. The average Bonchev–Trinajstić information content (AvgIpc) is 3.26. The van der Waals surface area contributed by atoms with Crippen LogP contribution in [0.3, 0.4) is 0 Å². The largest absolute Gasteiger partial charge is 0.487 e. The lowest BCUT2D eigenvalue weighted by atomic mass is 9.91. The molecule has 2 aromatic heterocycles. The highest BCUT2D eigenvalue weighted by Crippen LogP contribution is 2.44. The summed E-state index contributed by atoms with van der Waals surface area (Å²) in [5.74, 6) is 0.936. The van der Waals surface area contributed by atoms with E-state index in [2.05, 4.69) is 10.3 Å². The van der Waals surface area contributed by atoms with E-state index in [4.69, 9.17) is 13.9 Å². The van der Waals surface area contributed by atoms with Gasteiger partial charge in [0.05, 0.1) is 5.39 Å². The van der Waals surface area contributed by atoms with Gasteiger partial charge in [0.2, 0.25) is 0 Å². The maximum absolute atomic E-state index is 12.6. The van der Waals surface area contributed by atoms with Crippen molar-refractivity contribution in [1.82, 2.24) is 10.3 Å². The number of nitrogens with one attached hydrogen (secondary N) is 1. The summed E-state index contributed by atoms with van der Waals surface area (Å²) in [6, 6.07) is 5.58. The van der Waals surface area contributed by atoms with Crippen LogP contribution in [-0.2, 0) is 30.6 Å². The second-order valence-electron chi connectivity index (χ2n) is 9.04. The van der Waals surface area contributed by atoms with Crippen molar-refractivity contribution in [2.45, 2.75) is 58.1 Å². The molecular formula is C25H26N2O5. The number of fused-ring (bicyclic) bond motifs is 5. The van der Waals surface area contributed by atoms with Crippen molar-refractivity contribution in [3.8, 4) is 11.5 Å². The van der Waals surface area contributed by atoms with E-state index in [-0.39, 0.29) is 23.7 Å². The Morgan fingerprint density at radius 1 is 1.22 bits per heavy atom. The third-order valence-corrected chi connectivity index (χ3v) is 6.20. The summed E-state index contributed by atoms with van der Waals surface area (Å²) in [7, 11) is 0. The fourth-order valence-electron chi connectivity index (χ4n) is 4.56. The maximum atomic E-state index is 12.6. The normalized spacial score (nSPS) is 16.2. The van der Waals surface area contributed by atoms with Gasteiger partial charge >= 0.3 is 5.63 Å². The number of aryl methyl sites for hydroxylation is 2. The highest BCUT2D eigenvalue weighted by molar-refractivity contribution is 5.93. The summed E-state index contributed by atoms with van der Waals surface area (Å²) < 4.78 is 18.0. The Kier molecular flexibility index (Phi) is 5.12. The van der Waals surface area contributed by atoms with E-state index in [1.807, 2.05) is 32.0 Å². The summed E-state index contributed by atoms with van der Waals surface area (Å²) in [6.07, 6.45) is 7.40. The van der Waals surface area contributed by atoms with Crippen LogP contribution in [0.5, 0.6) is 11.5 Å². The first-order valence-electron chi connectivity index (χ1n) is 11.0. The molecule has 1 amide bonds. The molecule has 7 heteroatoms. The number of hydrogen-bond donors (Lipinski definition) is 1. The van der Waals surface area contributed by atoms with Crippen LogP contribution in [0.15, 0.2) is 39.8 Å². The van der Waals surface area contributed by atoms with Crippen LogP contribution in [-0.4, -0.2) is 23.1 Å². The van der Waals surface area contributed by atoms with E-state index in [0.29, 0.717) is 30.0 Å². The van der Waals surface area contributed by atoms with Crippen molar-refractivity contribution in [2.24, 2.45) is 0 Å². The lowest BCUT2D eigenvalue weighted by molar-refractivity contribution is -0.123. The Hall–Kier alpha value is -3.35. The predicted octanol–water partition coefficient (Wildman–Crippen LogP) is 3.48. The molecule has 0 unspecified atom stereocenters. The molecule has 1 N–H and O–H groups in total. The Morgan fingerprint density at radius 2 is 2.06 bits per heavy atom. The molecule has 0 atom stereocenters. The van der Waals surface area contributed by atoms with Crippen LogP contribution in [0.25, 0.3) is 11.0 Å². The molecule has 5 rings (SSSR count). The van der Waals surface area contributed by atoms with Gasteiger partial charge in [0, 0.05) is 36.1 Å². The fourth-order valence-corrected chi connectivity index (χ4v) is 4.56. The van der Waals surface area contributed by atoms with Gasteiger partial charge in [-0.1, -0.05) is 6.07 Å². The van der Waals surface area contributed by atoms with Crippen molar-refractivity contribution in [3.63, 3.8) is 0 Å². The molecule has 0 bridgehead atoms. The van der Waals surface area contributed by atoms with Crippen molar-refractivity contribution in [3.05, 3.63) is 63.3 Å². The second-order valence-corrected chi connectivity index (χ2v) is 9.04. The highest BCUT2D eigenvalue weighted by atomic mass is 16.5. The van der Waals surface area contributed by atoms with Crippen LogP contribution in [0.2, 0.25) is 0 Å². The quantitative estimate of drug-likeness (QED) is 0.619. The van der Waals surface area contributed by atoms with Gasteiger partial charge in [-0.15, -0.1) is 0 Å². The van der Waals surface area contributed by atoms with Gasteiger partial charge in [0.15, 0.2) is 6.61 Å². The number of hydrogen-bond acceptors (Lipinski definition) is 6. The van der Waals surface area contributed by atoms with Crippen molar-refractivity contribution in [1.29, 1.82) is 0 Å². The molecule has 0 saturated carbocycles. The van der Waals surface area contributed by atoms with Crippen LogP contribution in [0.4, 0.5) is 0 Å². The predicted molar refractivity (Wildman–Crippen MR) is 119 cm³/mol. The van der Waals surface area contributed by atoms with E-state index in [1.165, 1.54) is 0 Å². The van der Waals surface area contributed by atoms with Crippen molar-refractivity contribution < 1.29 is 18.7 Å². The molecule has 1 aliphatic carbocycles. The number of nitrogens with zero attached hydrogens (tertiary/aromatic N) is 1. The molecule has 1 aromatic carbocycles. The molecule has 166 valence electrons. The Morgan fingerprint density at radius 3 is 2.88 bits per heavy atom. The number of pyridine rings is 1. The smallest absolute Gasteiger partial charge is 0.339 e. The zero-order valence-electron chi connectivity index (χ0n) is 18.3. The molecule has 1 aliphatic heterocycles. The minimum atomic E-state index is -0.323. The van der Waals surface area contributed by atoms with Crippen LogP contribution in [0, 0.1) is 0 Å². The first-order chi connectivity index (χ1) is 15.4. The molecule has 0 fully saturated rings. The second kappa shape index (κ2) is 7.97. The first kappa shape index (κ1) is 20.5. The van der Waals surface area contributed by atoms with Gasteiger partial charge in [-0.3, -0.25) is 9.78 Å². The SMILES string of the molecule is CC1(C)CCc2c(cc(OCC(=O)NCc3cccnc3)c3c4c(c(=O)oc23)CCC4)O1. The molecule has 3 aromatic rings. The maximum Gasteiger partial charge on any atom is 0.339 e. The summed E-state index contributed by atoms with van der Waals surface area (Å²) in [5, 5.41) is 3.65. The van der Waals surface area contributed by atoms with E-state index in [0.717, 1.165) is 53.3 Å². The molecule has 7 nitrogen and oxygen atoms in total. The minimum absolute atomic E-state index is 0.147. The first-order valence-corrected chi connectivity index (χ1v) is 11.0. The summed E-state index contributed by atoms with van der Waals surface area (Å²) in [5.41, 5.74) is 3.46. The third-order valence-electron chi connectivity index (χ3n) is 6.20. The molecule has 32 heavy (non-hydrogen) atoms. The van der Waals surface area contributed by atoms with Crippen LogP contribution in [0.1, 0.15) is 48.9 Å². The standard InChI is InChI=1S/C25H26N2O5/c1-25(2)9-8-18-19(32-25)11-20(22-16-6-3-7-17(16)24(29)31-23(18)22)30-14-21(28)27-13-15-5-4-10-26-12-15/h4-5,10-12H,3,6-9,13-14H2,1-2H3,(H,27,28). The van der Waals surface area contributed by atoms with E-state index < -0.39 is 0 Å². The van der Waals surface area contributed by atoms with Crippen LogP contribution < -0.4 is 20.4 Å². The number of ether oxygens (including phenoxy) is 2. The summed E-state index contributed by atoms with van der Waals surface area (Å²) in [6.45, 7) is 4.30. The van der Waals surface area contributed by atoms with Gasteiger partial charge in [-0.25, -0.2) is 4.79 Å². The minimum Gasteiger partial charge on any atom is -0.487 e. The van der Waals surface area contributed by atoms with E-state index >= 15 is 0 Å². The van der Waals surface area contributed by atoms with E-state index in [1.54, 1.807) is 12.4 Å². The number of carbonyl (C=O) groups excluding carboxylic acids is 1. The Bertz CT molecular complexity index is 1250. The fraction of sp³-hybridized carbons (Fsp3) is 0.400. The van der Waals surface area contributed by atoms with Crippen molar-refractivity contribution in [2.75, 3.05) is 6.61 Å². The number of benzene rings is 1. The molecular weight excluding hydrogens is 408 g/mol. The number of amides is 1. The van der Waals surface area contributed by atoms with E-state index in [9.17, 15) is 9.59 Å².